The van der Waals surface area contributed by atoms with Crippen molar-refractivity contribution in [3.8, 4) is 6.07 Å². The van der Waals surface area contributed by atoms with Crippen LogP contribution in [0.4, 0.5) is 5.82 Å². The number of nitrogens with one attached hydrogen (secondary N) is 1. The highest BCUT2D eigenvalue weighted by Crippen LogP contribution is 2.28. The summed E-state index contributed by atoms with van der Waals surface area (Å²) in [4.78, 5) is 6.87. The molecule has 0 amide bonds. The SMILES string of the molecule is CN(C)C(CNc1nc2c(cc1C#N)CCCC2)c1ccccc1Cl. The van der Waals surface area contributed by atoms with Crippen LogP contribution in [0.3, 0.4) is 0 Å². The Morgan fingerprint density at radius 1 is 1.28 bits per heavy atom. The molecule has 130 valence electrons. The van der Waals surface area contributed by atoms with E-state index < -0.39 is 0 Å². The molecular weight excluding hydrogens is 332 g/mol. The lowest BCUT2D eigenvalue weighted by Gasteiger charge is -2.26. The van der Waals surface area contributed by atoms with Gasteiger partial charge in [-0.3, -0.25) is 0 Å². The van der Waals surface area contributed by atoms with E-state index in [1.807, 2.05) is 44.4 Å². The largest absolute Gasteiger partial charge is 0.367 e. The van der Waals surface area contributed by atoms with E-state index in [9.17, 15) is 5.26 Å². The minimum absolute atomic E-state index is 0.0954. The molecule has 2 aromatic rings. The predicted octanol–water partition coefficient (Wildman–Crippen LogP) is 4.20. The van der Waals surface area contributed by atoms with Crippen molar-refractivity contribution in [3.63, 3.8) is 0 Å². The maximum atomic E-state index is 9.49. The highest BCUT2D eigenvalue weighted by molar-refractivity contribution is 6.31. The molecule has 1 aromatic heterocycles. The third-order valence-corrected chi connectivity index (χ3v) is 5.12. The lowest BCUT2D eigenvalue weighted by Crippen LogP contribution is -2.27. The van der Waals surface area contributed by atoms with Crippen molar-refractivity contribution >= 4 is 17.4 Å². The zero-order valence-corrected chi connectivity index (χ0v) is 15.5. The van der Waals surface area contributed by atoms with Gasteiger partial charge in [-0.05, 0) is 63.0 Å². The fraction of sp³-hybridized carbons (Fsp3) is 0.400. The number of halogens is 1. The van der Waals surface area contributed by atoms with Crippen molar-refractivity contribution in [2.45, 2.75) is 31.7 Å². The molecule has 1 heterocycles. The molecule has 1 unspecified atom stereocenters. The van der Waals surface area contributed by atoms with Crippen molar-refractivity contribution in [1.29, 1.82) is 5.26 Å². The number of hydrogen-bond donors (Lipinski definition) is 1. The molecule has 5 heteroatoms. The first-order valence-electron chi connectivity index (χ1n) is 8.67. The number of likely N-dealkylation sites (N-methyl/N-ethyl adjacent to an activating group) is 1. The number of anilines is 1. The summed E-state index contributed by atoms with van der Waals surface area (Å²) in [5.74, 6) is 0.682. The van der Waals surface area contributed by atoms with E-state index in [1.54, 1.807) is 0 Å². The average molecular weight is 355 g/mol. The Bertz CT molecular complexity index is 795. The fourth-order valence-corrected chi connectivity index (χ4v) is 3.62. The summed E-state index contributed by atoms with van der Waals surface area (Å²) in [7, 11) is 4.06. The van der Waals surface area contributed by atoms with Crippen LogP contribution in [0.2, 0.25) is 5.02 Å². The van der Waals surface area contributed by atoms with Crippen LogP contribution in [0.1, 0.15) is 41.3 Å². The Labute approximate surface area is 154 Å². The molecule has 0 saturated carbocycles. The number of fused-ring (bicyclic) bond motifs is 1. The topological polar surface area (TPSA) is 52.0 Å². The number of benzene rings is 1. The van der Waals surface area contributed by atoms with Crippen LogP contribution in [-0.4, -0.2) is 30.5 Å². The Balaban J connectivity index is 1.84. The highest BCUT2D eigenvalue weighted by atomic mass is 35.5. The van der Waals surface area contributed by atoms with E-state index in [2.05, 4.69) is 16.3 Å². The second-order valence-corrected chi connectivity index (χ2v) is 7.10. The molecule has 25 heavy (non-hydrogen) atoms. The summed E-state index contributed by atoms with van der Waals surface area (Å²) in [5, 5.41) is 13.6. The average Bonchev–Trinajstić information content (AvgIpc) is 2.62. The van der Waals surface area contributed by atoms with Gasteiger partial charge in [0.1, 0.15) is 11.9 Å². The first-order chi connectivity index (χ1) is 12.1. The Kier molecular flexibility index (Phi) is 5.57. The van der Waals surface area contributed by atoms with E-state index in [1.165, 1.54) is 18.4 Å². The number of pyridine rings is 1. The molecule has 1 atom stereocenters. The molecule has 1 N–H and O–H groups in total. The number of rotatable bonds is 5. The van der Waals surface area contributed by atoms with E-state index in [4.69, 9.17) is 16.6 Å². The molecule has 0 fully saturated rings. The highest BCUT2D eigenvalue weighted by Gasteiger charge is 2.19. The second-order valence-electron chi connectivity index (χ2n) is 6.69. The number of nitriles is 1. The number of aryl methyl sites for hydroxylation is 2. The van der Waals surface area contributed by atoms with Crippen molar-refractivity contribution in [3.05, 3.63) is 57.7 Å². The maximum Gasteiger partial charge on any atom is 0.144 e. The first kappa shape index (κ1) is 17.7. The monoisotopic (exact) mass is 354 g/mol. The fourth-order valence-electron chi connectivity index (χ4n) is 3.36. The van der Waals surface area contributed by atoms with E-state index >= 15 is 0 Å². The van der Waals surface area contributed by atoms with E-state index in [0.717, 1.165) is 29.1 Å². The maximum absolute atomic E-state index is 9.49. The second kappa shape index (κ2) is 7.86. The molecule has 0 bridgehead atoms. The van der Waals surface area contributed by atoms with Crippen molar-refractivity contribution in [2.75, 3.05) is 26.0 Å². The molecule has 0 aliphatic heterocycles. The normalized spacial score (nSPS) is 14.7. The van der Waals surface area contributed by atoms with Gasteiger partial charge in [0.15, 0.2) is 0 Å². The van der Waals surface area contributed by atoms with Crippen LogP contribution in [-0.2, 0) is 12.8 Å². The zero-order chi connectivity index (χ0) is 17.8. The van der Waals surface area contributed by atoms with Gasteiger partial charge in [-0.2, -0.15) is 5.26 Å². The molecule has 4 nitrogen and oxygen atoms in total. The quantitative estimate of drug-likeness (QED) is 0.874. The number of hydrogen-bond acceptors (Lipinski definition) is 4. The van der Waals surface area contributed by atoms with Crippen molar-refractivity contribution < 1.29 is 0 Å². The van der Waals surface area contributed by atoms with E-state index in [0.29, 0.717) is 17.9 Å². The van der Waals surface area contributed by atoms with Gasteiger partial charge in [-0.1, -0.05) is 29.8 Å². The van der Waals surface area contributed by atoms with Gasteiger partial charge in [0.05, 0.1) is 11.6 Å². The number of aromatic nitrogens is 1. The zero-order valence-electron chi connectivity index (χ0n) is 14.7. The van der Waals surface area contributed by atoms with Gasteiger partial charge in [-0.15, -0.1) is 0 Å². The van der Waals surface area contributed by atoms with Gasteiger partial charge < -0.3 is 10.2 Å². The predicted molar refractivity (Wildman–Crippen MR) is 102 cm³/mol. The van der Waals surface area contributed by atoms with Gasteiger partial charge in [0.25, 0.3) is 0 Å². The van der Waals surface area contributed by atoms with Crippen LogP contribution < -0.4 is 5.32 Å². The van der Waals surface area contributed by atoms with Crippen LogP contribution >= 0.6 is 11.6 Å². The Hall–Kier alpha value is -2.09. The molecule has 0 radical (unpaired) electrons. The Morgan fingerprint density at radius 2 is 2.04 bits per heavy atom. The minimum atomic E-state index is 0.0954. The summed E-state index contributed by atoms with van der Waals surface area (Å²) < 4.78 is 0. The lowest BCUT2D eigenvalue weighted by atomic mass is 9.95. The Morgan fingerprint density at radius 3 is 2.76 bits per heavy atom. The molecule has 1 aromatic carbocycles. The van der Waals surface area contributed by atoms with E-state index in [-0.39, 0.29) is 6.04 Å². The molecule has 0 saturated heterocycles. The molecular formula is C20H23ClN4. The van der Waals surface area contributed by atoms with Crippen molar-refractivity contribution in [2.24, 2.45) is 0 Å². The van der Waals surface area contributed by atoms with Crippen LogP contribution in [0, 0.1) is 11.3 Å². The van der Waals surface area contributed by atoms with Gasteiger partial charge in [0.2, 0.25) is 0 Å². The van der Waals surface area contributed by atoms with Crippen LogP contribution in [0.25, 0.3) is 0 Å². The molecule has 1 aliphatic carbocycles. The van der Waals surface area contributed by atoms with Crippen LogP contribution in [0.5, 0.6) is 0 Å². The summed E-state index contributed by atoms with van der Waals surface area (Å²) in [6.45, 7) is 0.636. The summed E-state index contributed by atoms with van der Waals surface area (Å²) in [5.41, 5.74) is 4.05. The summed E-state index contributed by atoms with van der Waals surface area (Å²) >= 11 is 6.38. The molecule has 0 spiro atoms. The molecule has 1 aliphatic rings. The summed E-state index contributed by atoms with van der Waals surface area (Å²) in [6.07, 6.45) is 4.38. The first-order valence-corrected chi connectivity index (χ1v) is 9.05. The molecule has 3 rings (SSSR count). The van der Waals surface area contributed by atoms with Crippen LogP contribution in [0.15, 0.2) is 30.3 Å². The lowest BCUT2D eigenvalue weighted by molar-refractivity contribution is 0.311. The summed E-state index contributed by atoms with van der Waals surface area (Å²) in [6, 6.07) is 12.3. The minimum Gasteiger partial charge on any atom is -0.367 e. The number of nitrogens with zero attached hydrogens (tertiary/aromatic N) is 3. The van der Waals surface area contributed by atoms with Gasteiger partial charge >= 0.3 is 0 Å². The van der Waals surface area contributed by atoms with Crippen molar-refractivity contribution in [1.82, 2.24) is 9.88 Å². The third kappa shape index (κ3) is 3.95. The standard InChI is InChI=1S/C20H23ClN4/c1-25(2)19(16-8-4-5-9-17(16)21)13-23-20-15(12-22)11-14-7-3-6-10-18(14)24-20/h4-5,8-9,11,19H,3,6-7,10,13H2,1-2H3,(H,23,24). The third-order valence-electron chi connectivity index (χ3n) is 4.77. The van der Waals surface area contributed by atoms with Gasteiger partial charge in [0, 0.05) is 17.3 Å². The smallest absolute Gasteiger partial charge is 0.144 e. The van der Waals surface area contributed by atoms with Gasteiger partial charge in [-0.25, -0.2) is 4.98 Å².